The molecule has 13 aliphatic rings. The number of fused-ring (bicyclic) bond motifs is 7. The molecule has 5 aliphatic carbocycles. The van der Waals surface area contributed by atoms with Crippen LogP contribution in [0.1, 0.15) is 120 Å². The second-order valence-electron chi connectivity index (χ2n) is 35.9. The summed E-state index contributed by atoms with van der Waals surface area (Å²) in [5, 5.41) is 233. The number of allylic oxidation sites excluding steroid dienone is 2. The van der Waals surface area contributed by atoms with E-state index in [0.717, 1.165) is 5.57 Å². The molecule has 13 rings (SSSR count). The zero-order valence-corrected chi connectivity index (χ0v) is 64.2. The van der Waals surface area contributed by atoms with Crippen LogP contribution in [0.2, 0.25) is 0 Å². The summed E-state index contributed by atoms with van der Waals surface area (Å²) >= 11 is 0. The molecule has 0 amide bonds. The number of rotatable bonds is 18. The van der Waals surface area contributed by atoms with E-state index in [0.29, 0.717) is 44.9 Å². The second-order valence-corrected chi connectivity index (χ2v) is 35.9. The van der Waals surface area contributed by atoms with Crippen LogP contribution < -0.4 is 0 Å². The Bertz CT molecular complexity index is 3220. The maximum absolute atomic E-state index is 16.1. The number of carbonyl (C=O) groups excluding carboxylic acids is 1. The van der Waals surface area contributed by atoms with Gasteiger partial charge in [0.05, 0.1) is 64.1 Å². The highest BCUT2D eigenvalue weighted by atomic mass is 16.8. The maximum Gasteiger partial charge on any atom is 0.317 e. The Hall–Kier alpha value is -2.23. The van der Waals surface area contributed by atoms with E-state index >= 15 is 4.79 Å². The third kappa shape index (κ3) is 15.6. The summed E-state index contributed by atoms with van der Waals surface area (Å²) < 4.78 is 95.1. The van der Waals surface area contributed by atoms with Crippen molar-refractivity contribution in [1.82, 2.24) is 0 Å². The van der Waals surface area contributed by atoms with Gasteiger partial charge in [0.25, 0.3) is 0 Å². The van der Waals surface area contributed by atoms with Gasteiger partial charge in [0.1, 0.15) is 158 Å². The molecule has 38 nitrogen and oxygen atoms in total. The molecule has 0 bridgehead atoms. The average Bonchev–Trinajstić information content (AvgIpc) is 0.670. The largest absolute Gasteiger partial charge is 0.432 e. The summed E-state index contributed by atoms with van der Waals surface area (Å²) in [5.74, 6) is -1.71. The van der Waals surface area contributed by atoms with Crippen LogP contribution in [0.15, 0.2) is 11.6 Å². The Morgan fingerprint density at radius 1 is 0.411 bits per heavy atom. The van der Waals surface area contributed by atoms with Crippen molar-refractivity contribution in [2.45, 2.75) is 354 Å². The molecule has 21 N–H and O–H groups in total. The van der Waals surface area contributed by atoms with Crippen LogP contribution in [0.25, 0.3) is 0 Å². The van der Waals surface area contributed by atoms with Crippen molar-refractivity contribution < 1.29 is 188 Å². The van der Waals surface area contributed by atoms with Crippen LogP contribution in [-0.2, 0) is 80.6 Å². The van der Waals surface area contributed by atoms with Gasteiger partial charge in [-0.15, -0.1) is 0 Å². The molecule has 0 spiro atoms. The predicted octanol–water partition coefficient (Wildman–Crippen LogP) is -7.16. The number of ether oxygens (including phenoxy) is 16. The first-order chi connectivity index (χ1) is 52.5. The fourth-order valence-electron chi connectivity index (χ4n) is 21.1. The van der Waals surface area contributed by atoms with Gasteiger partial charge in [0, 0.05) is 0 Å². The van der Waals surface area contributed by atoms with E-state index in [9.17, 15) is 107 Å². The molecule has 0 aromatic carbocycles. The van der Waals surface area contributed by atoms with Crippen molar-refractivity contribution in [3.05, 3.63) is 11.6 Å². The molecule has 8 aliphatic heterocycles. The Labute approximate surface area is 646 Å². The van der Waals surface area contributed by atoms with E-state index in [1.54, 1.807) is 0 Å². The van der Waals surface area contributed by atoms with Crippen LogP contribution in [0.5, 0.6) is 0 Å². The molecule has 12 fully saturated rings. The summed E-state index contributed by atoms with van der Waals surface area (Å²) in [4.78, 5) is 16.1. The zero-order chi connectivity index (χ0) is 81.5. The van der Waals surface area contributed by atoms with Crippen LogP contribution in [0.3, 0.4) is 0 Å². The summed E-state index contributed by atoms with van der Waals surface area (Å²) in [7, 11) is 0. The normalized spacial score (nSPS) is 55.1. The van der Waals surface area contributed by atoms with Gasteiger partial charge in [-0.3, -0.25) is 4.79 Å². The number of aliphatic hydroxyl groups excluding tert-OH is 21. The van der Waals surface area contributed by atoms with Crippen molar-refractivity contribution in [2.24, 2.45) is 50.2 Å². The van der Waals surface area contributed by atoms with Gasteiger partial charge in [-0.2, -0.15) is 0 Å². The van der Waals surface area contributed by atoms with Gasteiger partial charge in [-0.1, -0.05) is 60.1 Å². The number of hydrogen-bond acceptors (Lipinski definition) is 38. The summed E-state index contributed by atoms with van der Waals surface area (Å²) in [6.07, 6.45) is -56.6. The highest BCUT2D eigenvalue weighted by molar-refractivity contribution is 5.80. The Balaban J connectivity index is 0.718. The third-order valence-corrected chi connectivity index (χ3v) is 28.2. The van der Waals surface area contributed by atoms with E-state index < -0.39 is 317 Å². The predicted molar refractivity (Wildman–Crippen MR) is 368 cm³/mol. The van der Waals surface area contributed by atoms with Crippen LogP contribution in [-0.4, -0.2) is 386 Å². The zero-order valence-electron chi connectivity index (χ0n) is 64.2. The first-order valence-corrected chi connectivity index (χ1v) is 39.3. The minimum atomic E-state index is -2.12. The lowest BCUT2D eigenvalue weighted by molar-refractivity contribution is -0.381. The topological polar surface area (TPSA) is 590 Å². The molecule has 4 saturated carbocycles. The molecule has 644 valence electrons. The first kappa shape index (κ1) is 87.6. The smallest absolute Gasteiger partial charge is 0.317 e. The van der Waals surface area contributed by atoms with Gasteiger partial charge in [-0.25, -0.2) is 0 Å². The monoisotopic (exact) mass is 1620 g/mol. The number of carbonyl (C=O) groups is 1. The number of aliphatic hydroxyl groups is 21. The van der Waals surface area contributed by atoms with Crippen LogP contribution in [0.4, 0.5) is 0 Å². The standard InChI is InChI=1S/C74H120O38/c1-26-40(80)46(86)52(92)60(103-26)101-24-35-45(85)48(88)59(111-64-54(94)49(89)56(27(2)104-64)108-63-55(95)57(33(78)23-99-63)109-61-50(90)41(81)30(75)20-97-61)67(106-35)112-68(96)74-17-16-69(3,4)18-29(74)28-10-11-37-71(7)14-13-39(70(5,6)36(71)12-15-72(37,8)73(28,9)19-38(74)79)107-65-53(93)47(87)44(84)34(105-65)25-102-66-58(43(83)32(77)22-100-66)110-62-51(91)42(82)31(76)21-98-62/h10,26-27,29-67,75-95H,11-25H2,1-9H3/t26-,27-,29+,30+,31+,32-,33+,34+,35+,36-,37+,38+,39-,40-,41-,42-,43-,44+,45+,46+,47-,48-,49-,50+,51+,52+,53+,54+,55+,56-,57-,58+,59+,60+,61-,62-,63-,64-,65-,66-,67-,71-,72+,73+,74+/m0/s1. The molecule has 0 radical (unpaired) electrons. The molecule has 112 heavy (non-hydrogen) atoms. The van der Waals surface area contributed by atoms with Gasteiger partial charge >= 0.3 is 5.97 Å². The minimum Gasteiger partial charge on any atom is -0.432 e. The second kappa shape index (κ2) is 33.3. The van der Waals surface area contributed by atoms with Crippen molar-refractivity contribution in [3.8, 4) is 0 Å². The van der Waals surface area contributed by atoms with Gasteiger partial charge in [0.2, 0.25) is 6.29 Å². The van der Waals surface area contributed by atoms with E-state index in [2.05, 4.69) is 54.5 Å². The lowest BCUT2D eigenvalue weighted by Crippen LogP contribution is -2.69. The molecular formula is C74H120O38. The number of hydrogen-bond donors (Lipinski definition) is 21. The fourth-order valence-corrected chi connectivity index (χ4v) is 21.1. The van der Waals surface area contributed by atoms with Gasteiger partial charge in [0.15, 0.2) is 50.1 Å². The lowest BCUT2D eigenvalue weighted by Gasteiger charge is -2.71. The molecule has 45 atom stereocenters. The number of esters is 1. The van der Waals surface area contributed by atoms with Gasteiger partial charge in [-0.05, 0) is 116 Å². The van der Waals surface area contributed by atoms with E-state index in [1.807, 2.05) is 0 Å². The average molecular weight is 1620 g/mol. The summed E-state index contributed by atoms with van der Waals surface area (Å²) in [5.41, 5.74) is -3.50. The molecule has 8 heterocycles. The van der Waals surface area contributed by atoms with Crippen molar-refractivity contribution >= 4 is 5.97 Å². The Morgan fingerprint density at radius 3 is 1.52 bits per heavy atom. The molecule has 0 aromatic rings. The fraction of sp³-hybridized carbons (Fsp3) is 0.959. The molecule has 8 saturated heterocycles. The molecular weight excluding hydrogens is 1500 g/mol. The van der Waals surface area contributed by atoms with Crippen LogP contribution in [0, 0.1) is 50.2 Å². The molecule has 0 unspecified atom stereocenters. The lowest BCUT2D eigenvalue weighted by atomic mass is 9.33. The first-order valence-electron chi connectivity index (χ1n) is 39.3. The summed E-state index contributed by atoms with van der Waals surface area (Å²) in [6, 6.07) is 0. The highest BCUT2D eigenvalue weighted by Crippen LogP contribution is 2.76. The van der Waals surface area contributed by atoms with E-state index in [1.165, 1.54) is 13.8 Å². The Kier molecular flexibility index (Phi) is 26.0. The SMILES string of the molecule is C[C@@H]1O[C@@H](OC[C@H]2O[C@@H](OC(=O)[C@]34CCC(C)(C)C[C@@H]3C3=CC[C@@H]5[C@@]6(C)CC[C@H](O[C@@H]7O[C@H](CO[C@@H]8OC[C@H](O)[C@H](O)[C@H]8O[C@@H]8OC[C@@H](O)[C@H](O)[C@H]8O)[C@@H](O)[C@H](O)[C@H]7O)C(C)(C)[C@@H]6CC[C@@]5(C)[C@]3(C)C[C@H]4O)[C@H](O[C@@H]3O[C@@H](C)[C@H](O[C@@H]4OC[C@@H](O)[C@H](O[C@@H]5OC[C@@H](O)[C@H](O)[C@H]5O)[C@H]4O)[C@@H](O)[C@H]3O)[C@@H](O)[C@@H]2O)[C@H](O)[C@H](O)[C@H]1O. The minimum absolute atomic E-state index is 0.0258. The van der Waals surface area contributed by atoms with Crippen molar-refractivity contribution in [1.29, 1.82) is 0 Å². The van der Waals surface area contributed by atoms with Gasteiger partial charge < -0.3 is 183 Å². The van der Waals surface area contributed by atoms with Crippen molar-refractivity contribution in [2.75, 3.05) is 39.6 Å². The third-order valence-electron chi connectivity index (χ3n) is 28.2. The van der Waals surface area contributed by atoms with Crippen LogP contribution >= 0.6 is 0 Å². The van der Waals surface area contributed by atoms with E-state index in [4.69, 9.17) is 75.8 Å². The van der Waals surface area contributed by atoms with Crippen molar-refractivity contribution in [3.63, 3.8) is 0 Å². The molecule has 0 aromatic heterocycles. The molecule has 38 heteroatoms. The maximum atomic E-state index is 16.1. The summed E-state index contributed by atoms with van der Waals surface area (Å²) in [6.45, 7) is 14.7. The quantitative estimate of drug-likeness (QED) is 0.0344. The Morgan fingerprint density at radius 2 is 0.884 bits per heavy atom. The van der Waals surface area contributed by atoms with E-state index in [-0.39, 0.29) is 24.7 Å². The highest BCUT2D eigenvalue weighted by Gasteiger charge is 2.73.